The molecule has 0 saturated carbocycles. The van der Waals surface area contributed by atoms with Crippen molar-refractivity contribution in [3.8, 4) is 0 Å². The van der Waals surface area contributed by atoms with Gasteiger partial charge in [0.15, 0.2) is 5.82 Å². The molecule has 2 rings (SSSR count). The molecule has 0 aliphatic carbocycles. The highest BCUT2D eigenvalue weighted by atomic mass is 19.4. The number of nitrogens with two attached hydrogens (primary N) is 1. The maximum absolute atomic E-state index is 12.6. The Hall–Kier alpha value is -2.65. The summed E-state index contributed by atoms with van der Waals surface area (Å²) in [6, 6.07) is 1.68. The molecule has 1 amide bonds. The van der Waals surface area contributed by atoms with Gasteiger partial charge in [0.25, 0.3) is 5.91 Å². The van der Waals surface area contributed by atoms with Crippen LogP contribution in [-0.4, -0.2) is 27.6 Å². The molecule has 2 aromatic rings. The molecule has 0 spiro atoms. The zero-order valence-electron chi connectivity index (χ0n) is 10.5. The van der Waals surface area contributed by atoms with Gasteiger partial charge in [0, 0.05) is 13.0 Å². The number of nitrogens with one attached hydrogen (secondary N) is 1. The van der Waals surface area contributed by atoms with E-state index in [1.165, 1.54) is 0 Å². The zero-order chi connectivity index (χ0) is 15.5. The molecule has 0 saturated heterocycles. The summed E-state index contributed by atoms with van der Waals surface area (Å²) in [6.45, 7) is 0.161. The summed E-state index contributed by atoms with van der Waals surface area (Å²) in [5.74, 6) is -0.741. The molecule has 2 heterocycles. The first-order chi connectivity index (χ1) is 9.88. The maximum atomic E-state index is 12.6. The minimum absolute atomic E-state index is 0.129. The average Bonchev–Trinajstić information content (AvgIpc) is 2.90. The Balaban J connectivity index is 2.16. The molecule has 0 unspecified atom stereocenters. The van der Waals surface area contributed by atoms with Gasteiger partial charge in [0.05, 0.1) is 5.56 Å². The van der Waals surface area contributed by atoms with E-state index in [9.17, 15) is 18.0 Å². The number of carbonyl (C=O) groups excluding carboxylic acids is 1. The normalized spacial score (nSPS) is 11.4. The second-order valence-electron chi connectivity index (χ2n) is 3.98. The minimum atomic E-state index is -4.61. The summed E-state index contributed by atoms with van der Waals surface area (Å²) >= 11 is 0. The lowest BCUT2D eigenvalue weighted by atomic mass is 10.2. The van der Waals surface area contributed by atoms with Crippen LogP contribution in [0.15, 0.2) is 23.0 Å². The molecule has 2 aromatic heterocycles. The molecule has 0 aliphatic rings. The van der Waals surface area contributed by atoms with Crippen molar-refractivity contribution < 1.29 is 22.5 Å². The average molecular weight is 301 g/mol. The summed E-state index contributed by atoms with van der Waals surface area (Å²) < 4.78 is 42.3. The van der Waals surface area contributed by atoms with Crippen LogP contribution >= 0.6 is 0 Å². The van der Waals surface area contributed by atoms with E-state index in [1.807, 2.05) is 0 Å². The quantitative estimate of drug-likeness (QED) is 0.860. The van der Waals surface area contributed by atoms with E-state index in [1.54, 1.807) is 0 Å². The van der Waals surface area contributed by atoms with Crippen molar-refractivity contribution in [1.29, 1.82) is 0 Å². The lowest BCUT2D eigenvalue weighted by molar-refractivity contribution is -0.141. The van der Waals surface area contributed by atoms with Gasteiger partial charge >= 0.3 is 6.18 Å². The van der Waals surface area contributed by atoms with Crippen molar-refractivity contribution in [2.24, 2.45) is 5.73 Å². The Morgan fingerprint density at radius 3 is 2.71 bits per heavy atom. The van der Waals surface area contributed by atoms with Crippen LogP contribution in [0.3, 0.4) is 0 Å². The number of primary amides is 1. The van der Waals surface area contributed by atoms with Gasteiger partial charge in [0.2, 0.25) is 6.39 Å². The Morgan fingerprint density at radius 1 is 1.38 bits per heavy atom. The molecule has 21 heavy (non-hydrogen) atoms. The van der Waals surface area contributed by atoms with E-state index in [0.29, 0.717) is 11.9 Å². The number of hydrogen-bond donors (Lipinski definition) is 2. The van der Waals surface area contributed by atoms with Gasteiger partial charge in [0.1, 0.15) is 11.5 Å². The van der Waals surface area contributed by atoms with Gasteiger partial charge in [-0.25, -0.2) is 4.98 Å². The van der Waals surface area contributed by atoms with Crippen molar-refractivity contribution in [1.82, 2.24) is 15.1 Å². The van der Waals surface area contributed by atoms with E-state index in [2.05, 4.69) is 25.0 Å². The molecule has 0 fully saturated rings. The van der Waals surface area contributed by atoms with Crippen LogP contribution in [0.2, 0.25) is 0 Å². The van der Waals surface area contributed by atoms with E-state index in [-0.39, 0.29) is 24.3 Å². The SMILES string of the molecule is NC(=O)c1ccc(C(F)(F)F)nc1NCCc1ncon1. The number of amides is 1. The van der Waals surface area contributed by atoms with E-state index < -0.39 is 17.8 Å². The molecule has 0 aromatic carbocycles. The Bertz CT molecular complexity index is 627. The Morgan fingerprint density at radius 2 is 2.14 bits per heavy atom. The van der Waals surface area contributed by atoms with Crippen LogP contribution in [0.5, 0.6) is 0 Å². The first kappa shape index (κ1) is 14.8. The topological polar surface area (TPSA) is 107 Å². The summed E-state index contributed by atoms with van der Waals surface area (Å²) in [4.78, 5) is 18.3. The molecule has 0 aliphatic heterocycles. The number of rotatable bonds is 5. The molecular formula is C11H10F3N5O2. The predicted molar refractivity (Wildman–Crippen MR) is 64.2 cm³/mol. The molecule has 3 N–H and O–H groups in total. The van der Waals surface area contributed by atoms with Crippen molar-refractivity contribution in [3.63, 3.8) is 0 Å². The number of carbonyl (C=O) groups is 1. The van der Waals surface area contributed by atoms with E-state index in [4.69, 9.17) is 5.73 Å². The van der Waals surface area contributed by atoms with Crippen LogP contribution in [0.1, 0.15) is 21.9 Å². The Kier molecular flexibility index (Phi) is 4.05. The Labute approximate surface area is 116 Å². The second-order valence-corrected chi connectivity index (χ2v) is 3.98. The van der Waals surface area contributed by atoms with Crippen molar-refractivity contribution >= 4 is 11.7 Å². The fourth-order valence-electron chi connectivity index (χ4n) is 1.55. The molecule has 0 bridgehead atoms. The number of pyridine rings is 1. The van der Waals surface area contributed by atoms with Crippen LogP contribution in [0.25, 0.3) is 0 Å². The van der Waals surface area contributed by atoms with Gasteiger partial charge in [-0.2, -0.15) is 18.2 Å². The highest BCUT2D eigenvalue weighted by Gasteiger charge is 2.33. The molecule has 0 radical (unpaired) electrons. The fourth-order valence-corrected chi connectivity index (χ4v) is 1.55. The van der Waals surface area contributed by atoms with Crippen molar-refractivity contribution in [2.75, 3.05) is 11.9 Å². The third-order valence-corrected chi connectivity index (χ3v) is 2.50. The highest BCUT2D eigenvalue weighted by molar-refractivity contribution is 5.97. The number of anilines is 1. The highest BCUT2D eigenvalue weighted by Crippen LogP contribution is 2.29. The van der Waals surface area contributed by atoms with Crippen molar-refractivity contribution in [3.05, 3.63) is 35.6 Å². The first-order valence-corrected chi connectivity index (χ1v) is 5.75. The number of hydrogen-bond acceptors (Lipinski definition) is 6. The van der Waals surface area contributed by atoms with Gasteiger partial charge in [-0.15, -0.1) is 0 Å². The van der Waals surface area contributed by atoms with Crippen LogP contribution in [0, 0.1) is 0 Å². The molecule has 112 valence electrons. The minimum Gasteiger partial charge on any atom is -0.369 e. The largest absolute Gasteiger partial charge is 0.433 e. The number of halogens is 3. The monoisotopic (exact) mass is 301 g/mol. The summed E-state index contributed by atoms with van der Waals surface area (Å²) in [6.07, 6.45) is -3.19. The molecular weight excluding hydrogens is 291 g/mol. The second kappa shape index (κ2) is 5.77. The summed E-state index contributed by atoms with van der Waals surface area (Å²) in [7, 11) is 0. The maximum Gasteiger partial charge on any atom is 0.433 e. The van der Waals surface area contributed by atoms with Gasteiger partial charge in [-0.1, -0.05) is 5.16 Å². The van der Waals surface area contributed by atoms with Gasteiger partial charge in [-0.05, 0) is 12.1 Å². The number of aromatic nitrogens is 3. The molecule has 0 atom stereocenters. The van der Waals surface area contributed by atoms with Crippen LogP contribution in [0.4, 0.5) is 19.0 Å². The number of alkyl halides is 3. The van der Waals surface area contributed by atoms with Crippen LogP contribution < -0.4 is 11.1 Å². The number of nitrogens with zero attached hydrogens (tertiary/aromatic N) is 3. The van der Waals surface area contributed by atoms with E-state index in [0.717, 1.165) is 12.5 Å². The molecule has 7 nitrogen and oxygen atoms in total. The first-order valence-electron chi connectivity index (χ1n) is 5.75. The molecule has 10 heteroatoms. The van der Waals surface area contributed by atoms with Crippen molar-refractivity contribution in [2.45, 2.75) is 12.6 Å². The standard InChI is InChI=1S/C11H10F3N5O2/c12-11(13,14)7-2-1-6(9(15)20)10(18-7)16-4-3-8-17-5-21-19-8/h1-2,5H,3-4H2,(H2,15,20)(H,16,18). The lowest BCUT2D eigenvalue weighted by Gasteiger charge is -2.12. The predicted octanol–water partition coefficient (Wildman–Crippen LogP) is 1.24. The summed E-state index contributed by atoms with van der Waals surface area (Å²) in [5, 5.41) is 6.16. The lowest BCUT2D eigenvalue weighted by Crippen LogP contribution is -2.19. The smallest absolute Gasteiger partial charge is 0.369 e. The van der Waals surface area contributed by atoms with Gasteiger partial charge in [-0.3, -0.25) is 4.79 Å². The zero-order valence-corrected chi connectivity index (χ0v) is 10.5. The summed E-state index contributed by atoms with van der Waals surface area (Å²) in [5.41, 5.74) is 3.86. The fraction of sp³-hybridized carbons (Fsp3) is 0.273. The third kappa shape index (κ3) is 3.68. The van der Waals surface area contributed by atoms with Gasteiger partial charge < -0.3 is 15.6 Å². The van der Waals surface area contributed by atoms with E-state index >= 15 is 0 Å². The van der Waals surface area contributed by atoms with Crippen LogP contribution in [-0.2, 0) is 12.6 Å². The third-order valence-electron chi connectivity index (χ3n) is 2.50.